The van der Waals surface area contributed by atoms with Gasteiger partial charge in [0.1, 0.15) is 6.54 Å². The molecule has 1 nitrogen and oxygen atoms in total. The summed E-state index contributed by atoms with van der Waals surface area (Å²) in [5.74, 6) is 0. The Morgan fingerprint density at radius 2 is 1.43 bits per heavy atom. The molecule has 0 saturated carbocycles. The van der Waals surface area contributed by atoms with Gasteiger partial charge in [0, 0.05) is 30.9 Å². The minimum atomic E-state index is 1.15. The number of benzene rings is 1. The normalized spacial score (nSPS) is 11.1. The minimum absolute atomic E-state index is 1.15. The first-order chi connectivity index (χ1) is 10.3. The summed E-state index contributed by atoms with van der Waals surface area (Å²) in [5, 5.41) is 1.35. The fourth-order valence-corrected chi connectivity index (χ4v) is 3.07. The number of hydrogen-bond donors (Lipinski definition) is 0. The summed E-state index contributed by atoms with van der Waals surface area (Å²) in [6.45, 7) is 5.66. The number of rotatable bonds is 9. The van der Waals surface area contributed by atoms with Crippen molar-refractivity contribution in [3.63, 3.8) is 0 Å². The predicted octanol–water partition coefficient (Wildman–Crippen LogP) is 5.58. The topological polar surface area (TPSA) is 3.88 Å². The highest BCUT2D eigenvalue weighted by Crippen LogP contribution is 2.12. The lowest BCUT2D eigenvalue weighted by molar-refractivity contribution is -0.677. The molecule has 2 rings (SSSR count). The van der Waals surface area contributed by atoms with E-state index in [1.54, 1.807) is 0 Å². The van der Waals surface area contributed by atoms with E-state index < -0.39 is 0 Å². The first kappa shape index (κ1) is 16.0. The molecular weight excluding hydrogens is 254 g/mol. The zero-order valence-electron chi connectivity index (χ0n) is 13.8. The van der Waals surface area contributed by atoms with Crippen molar-refractivity contribution in [1.29, 1.82) is 0 Å². The molecule has 0 aliphatic heterocycles. The molecule has 0 radical (unpaired) electrons. The van der Waals surface area contributed by atoms with Crippen LogP contribution in [0, 0.1) is 6.92 Å². The molecule has 0 N–H and O–H groups in total. The molecule has 1 aromatic heterocycles. The second kappa shape index (κ2) is 8.81. The summed E-state index contributed by atoms with van der Waals surface area (Å²) in [6.07, 6.45) is 11.1. The van der Waals surface area contributed by atoms with Crippen LogP contribution in [0.5, 0.6) is 0 Å². The van der Waals surface area contributed by atoms with Gasteiger partial charge in [-0.3, -0.25) is 0 Å². The van der Waals surface area contributed by atoms with Crippen LogP contribution in [0.25, 0.3) is 10.9 Å². The molecule has 114 valence electrons. The van der Waals surface area contributed by atoms with E-state index in [2.05, 4.69) is 54.8 Å². The molecule has 0 saturated heterocycles. The van der Waals surface area contributed by atoms with Crippen molar-refractivity contribution in [3.8, 4) is 0 Å². The van der Waals surface area contributed by atoms with Gasteiger partial charge in [0.05, 0.1) is 0 Å². The third-order valence-corrected chi connectivity index (χ3v) is 4.39. The van der Waals surface area contributed by atoms with Crippen molar-refractivity contribution in [2.45, 2.75) is 71.8 Å². The molecule has 21 heavy (non-hydrogen) atoms. The van der Waals surface area contributed by atoms with Crippen LogP contribution in [0.1, 0.15) is 64.0 Å². The molecule has 1 heterocycles. The van der Waals surface area contributed by atoms with Gasteiger partial charge in [-0.2, -0.15) is 4.57 Å². The molecule has 0 aliphatic carbocycles. The third kappa shape index (κ3) is 4.84. The Kier molecular flexibility index (Phi) is 6.72. The van der Waals surface area contributed by atoms with Gasteiger partial charge >= 0.3 is 0 Å². The molecular formula is C20H30N+. The maximum Gasteiger partial charge on any atom is 0.212 e. The monoisotopic (exact) mass is 284 g/mol. The number of aryl methyl sites for hydroxylation is 2. The number of aromatic nitrogens is 1. The zero-order valence-corrected chi connectivity index (χ0v) is 13.8. The Labute approximate surface area is 130 Å². The summed E-state index contributed by atoms with van der Waals surface area (Å²) in [4.78, 5) is 0. The summed E-state index contributed by atoms with van der Waals surface area (Å²) >= 11 is 0. The molecule has 0 amide bonds. The molecule has 1 heteroatoms. The fourth-order valence-electron chi connectivity index (χ4n) is 3.07. The van der Waals surface area contributed by atoms with E-state index in [4.69, 9.17) is 0 Å². The van der Waals surface area contributed by atoms with E-state index in [0.29, 0.717) is 0 Å². The van der Waals surface area contributed by atoms with Gasteiger partial charge in [0.25, 0.3) is 0 Å². The second-order valence-corrected chi connectivity index (χ2v) is 6.16. The van der Waals surface area contributed by atoms with Gasteiger partial charge in [-0.15, -0.1) is 0 Å². The van der Waals surface area contributed by atoms with E-state index in [1.165, 1.54) is 68.0 Å². The molecule has 0 spiro atoms. The third-order valence-electron chi connectivity index (χ3n) is 4.39. The number of para-hydroxylation sites is 1. The van der Waals surface area contributed by atoms with E-state index in [9.17, 15) is 0 Å². The van der Waals surface area contributed by atoms with Gasteiger partial charge < -0.3 is 0 Å². The Morgan fingerprint density at radius 3 is 2.19 bits per heavy atom. The van der Waals surface area contributed by atoms with Crippen LogP contribution in [0.15, 0.2) is 36.4 Å². The Balaban J connectivity index is 1.79. The summed E-state index contributed by atoms with van der Waals surface area (Å²) in [5.41, 5.74) is 2.75. The number of hydrogen-bond acceptors (Lipinski definition) is 0. The van der Waals surface area contributed by atoms with Crippen molar-refractivity contribution >= 4 is 10.9 Å². The lowest BCUT2D eigenvalue weighted by Crippen LogP contribution is -2.37. The van der Waals surface area contributed by atoms with Crippen LogP contribution in [0.3, 0.4) is 0 Å². The Morgan fingerprint density at radius 1 is 0.762 bits per heavy atom. The quantitative estimate of drug-likeness (QED) is 0.418. The zero-order chi connectivity index (χ0) is 14.9. The maximum atomic E-state index is 2.48. The largest absolute Gasteiger partial charge is 0.212 e. The smallest absolute Gasteiger partial charge is 0.196 e. The number of pyridine rings is 1. The van der Waals surface area contributed by atoms with Crippen LogP contribution in [-0.2, 0) is 6.54 Å². The molecule has 0 fully saturated rings. The van der Waals surface area contributed by atoms with E-state index >= 15 is 0 Å². The SMILES string of the molecule is CCCCCCCCCC[n+]1c(C)ccc2ccccc21. The van der Waals surface area contributed by atoms with Crippen molar-refractivity contribution in [2.24, 2.45) is 0 Å². The van der Waals surface area contributed by atoms with Crippen molar-refractivity contribution in [3.05, 3.63) is 42.1 Å². The van der Waals surface area contributed by atoms with Crippen LogP contribution in [-0.4, -0.2) is 0 Å². The van der Waals surface area contributed by atoms with Crippen LogP contribution in [0.2, 0.25) is 0 Å². The first-order valence-corrected chi connectivity index (χ1v) is 8.71. The summed E-state index contributed by atoms with van der Waals surface area (Å²) in [7, 11) is 0. The van der Waals surface area contributed by atoms with Crippen molar-refractivity contribution < 1.29 is 4.57 Å². The van der Waals surface area contributed by atoms with Crippen LogP contribution in [0.4, 0.5) is 0 Å². The predicted molar refractivity (Wildman–Crippen MR) is 91.5 cm³/mol. The van der Waals surface area contributed by atoms with Crippen molar-refractivity contribution in [1.82, 2.24) is 0 Å². The highest BCUT2D eigenvalue weighted by atomic mass is 15.0. The van der Waals surface area contributed by atoms with Crippen LogP contribution < -0.4 is 4.57 Å². The van der Waals surface area contributed by atoms with Crippen molar-refractivity contribution in [2.75, 3.05) is 0 Å². The number of nitrogens with zero attached hydrogens (tertiary/aromatic N) is 1. The van der Waals surface area contributed by atoms with Gasteiger partial charge in [-0.1, -0.05) is 57.6 Å². The number of fused-ring (bicyclic) bond motifs is 1. The summed E-state index contributed by atoms with van der Waals surface area (Å²) < 4.78 is 2.48. The highest BCUT2D eigenvalue weighted by molar-refractivity contribution is 5.75. The standard InChI is InChI=1S/C20H30N/c1-3-4-5-6-7-8-9-12-17-21-18(2)15-16-19-13-10-11-14-20(19)21/h10-11,13-16H,3-9,12,17H2,1-2H3/q+1. The number of unbranched alkanes of at least 4 members (excludes halogenated alkanes) is 7. The summed E-state index contributed by atoms with van der Waals surface area (Å²) in [6, 6.07) is 13.2. The van der Waals surface area contributed by atoms with E-state index in [-0.39, 0.29) is 0 Å². The van der Waals surface area contributed by atoms with Gasteiger partial charge in [-0.25, -0.2) is 0 Å². The van der Waals surface area contributed by atoms with Gasteiger partial charge in [-0.05, 0) is 18.6 Å². The second-order valence-electron chi connectivity index (χ2n) is 6.16. The highest BCUT2D eigenvalue weighted by Gasteiger charge is 2.11. The maximum absolute atomic E-state index is 2.48. The Bertz CT molecular complexity index is 545. The molecule has 0 bridgehead atoms. The molecule has 0 unspecified atom stereocenters. The van der Waals surface area contributed by atoms with Gasteiger partial charge in [0.15, 0.2) is 5.69 Å². The molecule has 2 aromatic rings. The first-order valence-electron chi connectivity index (χ1n) is 8.71. The fraction of sp³-hybridized carbons (Fsp3) is 0.550. The van der Waals surface area contributed by atoms with E-state index in [1.807, 2.05) is 0 Å². The lowest BCUT2D eigenvalue weighted by Gasteiger charge is -2.05. The Hall–Kier alpha value is -1.37. The molecule has 0 aliphatic rings. The molecule has 0 atom stereocenters. The van der Waals surface area contributed by atoms with E-state index in [0.717, 1.165) is 6.54 Å². The average molecular weight is 284 g/mol. The lowest BCUT2D eigenvalue weighted by atomic mass is 10.1. The minimum Gasteiger partial charge on any atom is -0.196 e. The average Bonchev–Trinajstić information content (AvgIpc) is 2.51. The molecule has 1 aromatic carbocycles. The van der Waals surface area contributed by atoms with Gasteiger partial charge in [0.2, 0.25) is 5.52 Å². The van der Waals surface area contributed by atoms with Crippen LogP contribution >= 0.6 is 0 Å².